The van der Waals surface area contributed by atoms with E-state index in [1.807, 2.05) is 50.4 Å². The number of amides is 2. The molecule has 2 amide bonds. The molecule has 0 radical (unpaired) electrons. The zero-order chi connectivity index (χ0) is 14.5. The Balaban J connectivity index is 1.93. The number of nitrogens with one attached hydrogen (secondary N) is 2. The summed E-state index contributed by atoms with van der Waals surface area (Å²) in [5.74, 6) is 0. The van der Waals surface area contributed by atoms with Crippen molar-refractivity contribution >= 4 is 17.4 Å². The summed E-state index contributed by atoms with van der Waals surface area (Å²) < 4.78 is 0. The molecule has 4 nitrogen and oxygen atoms in total. The fraction of sp³-hybridized carbons (Fsp3) is 0.333. The van der Waals surface area contributed by atoms with Gasteiger partial charge in [-0.15, -0.1) is 11.3 Å². The highest BCUT2D eigenvalue weighted by Gasteiger charge is 2.14. The second kappa shape index (κ2) is 6.52. The summed E-state index contributed by atoms with van der Waals surface area (Å²) in [5, 5.41) is 8.67. The lowest BCUT2D eigenvalue weighted by molar-refractivity contribution is 0.235. The molecule has 2 aromatic rings. The number of aromatic nitrogens is 1. The smallest absolute Gasteiger partial charge is 0.315 e. The van der Waals surface area contributed by atoms with E-state index in [0.29, 0.717) is 0 Å². The number of urea groups is 1. The van der Waals surface area contributed by atoms with Crippen LogP contribution in [-0.2, 0) is 0 Å². The molecule has 0 spiro atoms. The van der Waals surface area contributed by atoms with E-state index in [1.165, 1.54) is 16.9 Å². The quantitative estimate of drug-likeness (QED) is 0.904. The van der Waals surface area contributed by atoms with E-state index in [0.717, 1.165) is 10.6 Å². The molecule has 1 aromatic carbocycles. The van der Waals surface area contributed by atoms with Crippen molar-refractivity contribution in [2.45, 2.75) is 32.9 Å². The van der Waals surface area contributed by atoms with Crippen molar-refractivity contribution in [1.29, 1.82) is 0 Å². The second-order valence-electron chi connectivity index (χ2n) is 4.79. The fourth-order valence-electron chi connectivity index (χ4n) is 2.10. The van der Waals surface area contributed by atoms with Crippen molar-refractivity contribution in [1.82, 2.24) is 15.6 Å². The van der Waals surface area contributed by atoms with E-state index >= 15 is 0 Å². The van der Waals surface area contributed by atoms with Crippen LogP contribution in [0.4, 0.5) is 4.79 Å². The van der Waals surface area contributed by atoms with Crippen molar-refractivity contribution in [2.75, 3.05) is 0 Å². The highest BCUT2D eigenvalue weighted by Crippen LogP contribution is 2.17. The lowest BCUT2D eigenvalue weighted by Gasteiger charge is -2.18. The molecule has 2 N–H and O–H groups in total. The van der Waals surface area contributed by atoms with E-state index in [9.17, 15) is 4.79 Å². The first kappa shape index (κ1) is 14.5. The lowest BCUT2D eigenvalue weighted by atomic mass is 10.0. The molecule has 0 unspecified atom stereocenters. The molecule has 0 saturated heterocycles. The molecule has 0 aliphatic heterocycles. The lowest BCUT2D eigenvalue weighted by Crippen LogP contribution is -2.38. The van der Waals surface area contributed by atoms with Crippen LogP contribution in [0.3, 0.4) is 0 Å². The third-order valence-electron chi connectivity index (χ3n) is 3.17. The van der Waals surface area contributed by atoms with Crippen LogP contribution in [-0.4, -0.2) is 11.0 Å². The van der Waals surface area contributed by atoms with Crippen LogP contribution in [0.2, 0.25) is 0 Å². The molecule has 0 aliphatic rings. The number of carbonyl (C=O) groups excluding carboxylic acids is 1. The van der Waals surface area contributed by atoms with E-state index in [4.69, 9.17) is 0 Å². The van der Waals surface area contributed by atoms with Gasteiger partial charge in [0.15, 0.2) is 0 Å². The molecule has 1 aromatic heterocycles. The minimum absolute atomic E-state index is 0.0281. The number of aryl methyl sites for hydroxylation is 1. The number of carbonyl (C=O) groups is 1. The fourth-order valence-corrected chi connectivity index (χ4v) is 2.74. The Morgan fingerprint density at radius 3 is 2.55 bits per heavy atom. The normalized spacial score (nSPS) is 13.6. The van der Waals surface area contributed by atoms with Crippen LogP contribution < -0.4 is 10.6 Å². The van der Waals surface area contributed by atoms with E-state index < -0.39 is 0 Å². The molecule has 0 saturated carbocycles. The Bertz CT molecular complexity index is 568. The van der Waals surface area contributed by atoms with Gasteiger partial charge in [-0.3, -0.25) is 0 Å². The van der Waals surface area contributed by atoms with Gasteiger partial charge in [-0.25, -0.2) is 9.78 Å². The van der Waals surface area contributed by atoms with Crippen molar-refractivity contribution in [3.63, 3.8) is 0 Å². The van der Waals surface area contributed by atoms with Gasteiger partial charge in [0.2, 0.25) is 0 Å². The van der Waals surface area contributed by atoms with Crippen molar-refractivity contribution in [3.8, 4) is 0 Å². The first-order valence-corrected chi connectivity index (χ1v) is 7.48. The van der Waals surface area contributed by atoms with Gasteiger partial charge in [-0.05, 0) is 31.9 Å². The van der Waals surface area contributed by atoms with Crippen LogP contribution in [0.25, 0.3) is 0 Å². The largest absolute Gasteiger partial charge is 0.332 e. The Morgan fingerprint density at radius 2 is 1.90 bits per heavy atom. The molecule has 0 aliphatic carbocycles. The van der Waals surface area contributed by atoms with Crippen LogP contribution in [0.5, 0.6) is 0 Å². The molecule has 0 fully saturated rings. The summed E-state index contributed by atoms with van der Waals surface area (Å²) in [6.07, 6.45) is 1.74. The highest BCUT2D eigenvalue weighted by atomic mass is 32.1. The van der Waals surface area contributed by atoms with Gasteiger partial charge in [0.05, 0.1) is 12.1 Å². The predicted octanol–water partition coefficient (Wildman–Crippen LogP) is 3.57. The zero-order valence-electron chi connectivity index (χ0n) is 11.9. The van der Waals surface area contributed by atoms with Gasteiger partial charge >= 0.3 is 6.03 Å². The number of rotatable bonds is 4. The number of hydrogen-bond acceptors (Lipinski definition) is 3. The monoisotopic (exact) mass is 289 g/mol. The maximum atomic E-state index is 12.0. The molecule has 2 atom stereocenters. The van der Waals surface area contributed by atoms with Crippen LogP contribution in [0.1, 0.15) is 42.1 Å². The summed E-state index contributed by atoms with van der Waals surface area (Å²) in [6, 6.07) is 7.77. The minimum atomic E-state index is -0.177. The van der Waals surface area contributed by atoms with E-state index in [1.54, 1.807) is 6.20 Å². The highest BCUT2D eigenvalue weighted by molar-refractivity contribution is 7.09. The molecule has 20 heavy (non-hydrogen) atoms. The van der Waals surface area contributed by atoms with Gasteiger partial charge in [-0.2, -0.15) is 0 Å². The van der Waals surface area contributed by atoms with Crippen molar-refractivity contribution in [3.05, 3.63) is 52.0 Å². The van der Waals surface area contributed by atoms with Crippen LogP contribution >= 0.6 is 11.3 Å². The topological polar surface area (TPSA) is 54.0 Å². The number of hydrogen-bond donors (Lipinski definition) is 2. The second-order valence-corrected chi connectivity index (χ2v) is 5.71. The summed E-state index contributed by atoms with van der Waals surface area (Å²) in [7, 11) is 0. The third kappa shape index (κ3) is 3.57. The number of nitrogens with zero attached hydrogens (tertiary/aromatic N) is 1. The van der Waals surface area contributed by atoms with E-state index in [-0.39, 0.29) is 18.1 Å². The minimum Gasteiger partial charge on any atom is -0.332 e. The standard InChI is InChI=1S/C15H19N3OS/c1-10-6-4-5-7-13(10)11(2)17-15(19)18-12(3)14-16-8-9-20-14/h4-9,11-12H,1-3H3,(H2,17,18,19)/t11-,12+/m1/s1. The van der Waals surface area contributed by atoms with E-state index in [2.05, 4.69) is 15.6 Å². The Morgan fingerprint density at radius 1 is 1.20 bits per heavy atom. The van der Waals surface area contributed by atoms with Crippen molar-refractivity contribution in [2.24, 2.45) is 0 Å². The van der Waals surface area contributed by atoms with Crippen LogP contribution in [0, 0.1) is 6.92 Å². The van der Waals surface area contributed by atoms with Gasteiger partial charge in [0.1, 0.15) is 5.01 Å². The van der Waals surface area contributed by atoms with Gasteiger partial charge in [-0.1, -0.05) is 24.3 Å². The molecular weight excluding hydrogens is 270 g/mol. The predicted molar refractivity (Wildman–Crippen MR) is 81.8 cm³/mol. The molecule has 106 valence electrons. The Hall–Kier alpha value is -1.88. The summed E-state index contributed by atoms with van der Waals surface area (Å²) >= 11 is 1.54. The third-order valence-corrected chi connectivity index (χ3v) is 4.13. The maximum Gasteiger partial charge on any atom is 0.315 e. The molecule has 1 heterocycles. The average Bonchev–Trinajstić information content (AvgIpc) is 2.92. The van der Waals surface area contributed by atoms with Crippen molar-refractivity contribution < 1.29 is 4.79 Å². The average molecular weight is 289 g/mol. The first-order valence-electron chi connectivity index (χ1n) is 6.60. The molecule has 2 rings (SSSR count). The Labute approximate surface area is 123 Å². The zero-order valence-corrected chi connectivity index (χ0v) is 12.7. The molecule has 0 bridgehead atoms. The van der Waals surface area contributed by atoms with Gasteiger partial charge < -0.3 is 10.6 Å². The van der Waals surface area contributed by atoms with Gasteiger partial charge in [0, 0.05) is 11.6 Å². The summed E-state index contributed by atoms with van der Waals surface area (Å²) in [4.78, 5) is 16.2. The Kier molecular flexibility index (Phi) is 4.74. The first-order chi connectivity index (χ1) is 9.58. The number of benzene rings is 1. The molecular formula is C15H19N3OS. The SMILES string of the molecule is Cc1ccccc1[C@@H](C)NC(=O)N[C@@H](C)c1nccs1. The molecule has 5 heteroatoms. The van der Waals surface area contributed by atoms with Gasteiger partial charge in [0.25, 0.3) is 0 Å². The van der Waals surface area contributed by atoms with Crippen LogP contribution in [0.15, 0.2) is 35.8 Å². The summed E-state index contributed by atoms with van der Waals surface area (Å²) in [5.41, 5.74) is 2.30. The summed E-state index contributed by atoms with van der Waals surface area (Å²) in [6.45, 7) is 5.95. The maximum absolute atomic E-state index is 12.0. The number of thiazole rings is 1.